The lowest BCUT2D eigenvalue weighted by Crippen LogP contribution is -2.48. The van der Waals surface area contributed by atoms with Crippen molar-refractivity contribution in [2.45, 2.75) is 6.54 Å². The number of rotatable bonds is 4. The number of imidazole rings is 1. The van der Waals surface area contributed by atoms with Gasteiger partial charge in [0.15, 0.2) is 0 Å². The Balaban J connectivity index is 1.76. The number of hydrogen-bond donors (Lipinski definition) is 0. The van der Waals surface area contributed by atoms with E-state index in [0.29, 0.717) is 13.1 Å². The average molecular weight is 258 g/mol. The van der Waals surface area contributed by atoms with Gasteiger partial charge < -0.3 is 4.57 Å². The van der Waals surface area contributed by atoms with Gasteiger partial charge in [0.1, 0.15) is 0 Å². The summed E-state index contributed by atoms with van der Waals surface area (Å²) < 4.78 is 26.2. The average Bonchev–Trinajstić information content (AvgIpc) is 2.78. The van der Waals surface area contributed by atoms with E-state index in [2.05, 4.69) is 9.88 Å². The first-order valence-corrected chi connectivity index (χ1v) is 7.54. The van der Waals surface area contributed by atoms with Crippen LogP contribution in [0.4, 0.5) is 0 Å². The fraction of sp³-hybridized carbons (Fsp3) is 0.700. The molecule has 0 spiro atoms. The molecular weight excluding hydrogens is 240 g/mol. The second-order valence-corrected chi connectivity index (χ2v) is 6.29. The van der Waals surface area contributed by atoms with Crippen LogP contribution in [0.15, 0.2) is 18.7 Å². The van der Waals surface area contributed by atoms with Crippen LogP contribution in [-0.2, 0) is 16.6 Å². The van der Waals surface area contributed by atoms with Crippen molar-refractivity contribution in [3.63, 3.8) is 0 Å². The maximum Gasteiger partial charge on any atom is 0.211 e. The lowest BCUT2D eigenvalue weighted by Gasteiger charge is -2.33. The fourth-order valence-corrected chi connectivity index (χ4v) is 2.79. The molecule has 0 atom stereocenters. The molecule has 1 fully saturated rings. The third-order valence-corrected chi connectivity index (χ3v) is 4.34. The lowest BCUT2D eigenvalue weighted by molar-refractivity contribution is 0.183. The van der Waals surface area contributed by atoms with Crippen LogP contribution in [0.2, 0.25) is 0 Å². The summed E-state index contributed by atoms with van der Waals surface area (Å²) >= 11 is 0. The van der Waals surface area contributed by atoms with Gasteiger partial charge in [0.2, 0.25) is 10.0 Å². The van der Waals surface area contributed by atoms with Gasteiger partial charge in [0.25, 0.3) is 0 Å². The quantitative estimate of drug-likeness (QED) is 0.728. The van der Waals surface area contributed by atoms with Crippen LogP contribution < -0.4 is 0 Å². The Morgan fingerprint density at radius 1 is 1.18 bits per heavy atom. The predicted molar refractivity (Wildman–Crippen MR) is 65.1 cm³/mol. The molecule has 0 N–H and O–H groups in total. The molecule has 1 aromatic rings. The van der Waals surface area contributed by atoms with Gasteiger partial charge in [-0.05, 0) is 0 Å². The van der Waals surface area contributed by atoms with Gasteiger partial charge in [-0.2, -0.15) is 4.31 Å². The molecule has 0 amide bonds. The summed E-state index contributed by atoms with van der Waals surface area (Å²) in [6, 6.07) is 0. The first-order valence-electron chi connectivity index (χ1n) is 5.69. The molecule has 6 nitrogen and oxygen atoms in total. The summed E-state index contributed by atoms with van der Waals surface area (Å²) in [5, 5.41) is 0. The highest BCUT2D eigenvalue weighted by atomic mass is 32.2. The van der Waals surface area contributed by atoms with Gasteiger partial charge in [0, 0.05) is 51.7 Å². The molecule has 0 aromatic carbocycles. The van der Waals surface area contributed by atoms with Crippen molar-refractivity contribution in [3.05, 3.63) is 18.7 Å². The van der Waals surface area contributed by atoms with E-state index < -0.39 is 10.0 Å². The molecule has 96 valence electrons. The van der Waals surface area contributed by atoms with Crippen molar-refractivity contribution in [1.29, 1.82) is 0 Å². The van der Waals surface area contributed by atoms with Crippen LogP contribution in [0.1, 0.15) is 0 Å². The number of hydrogen-bond acceptors (Lipinski definition) is 4. The van der Waals surface area contributed by atoms with Gasteiger partial charge in [0.05, 0.1) is 12.6 Å². The van der Waals surface area contributed by atoms with Crippen LogP contribution >= 0.6 is 0 Å². The Bertz CT molecular complexity index is 435. The Kier molecular flexibility index (Phi) is 3.80. The van der Waals surface area contributed by atoms with Crippen LogP contribution in [0, 0.1) is 0 Å². The highest BCUT2D eigenvalue weighted by molar-refractivity contribution is 7.88. The van der Waals surface area contributed by atoms with Gasteiger partial charge in [-0.25, -0.2) is 13.4 Å². The zero-order valence-electron chi connectivity index (χ0n) is 9.99. The van der Waals surface area contributed by atoms with Crippen LogP contribution in [-0.4, -0.2) is 66.2 Å². The molecule has 0 bridgehead atoms. The molecule has 2 rings (SSSR count). The summed E-state index contributed by atoms with van der Waals surface area (Å²) in [4.78, 5) is 6.27. The second kappa shape index (κ2) is 5.16. The Morgan fingerprint density at radius 3 is 2.41 bits per heavy atom. The minimum Gasteiger partial charge on any atom is -0.336 e. The minimum atomic E-state index is -3.02. The maximum absolute atomic E-state index is 11.3. The van der Waals surface area contributed by atoms with Crippen molar-refractivity contribution >= 4 is 10.0 Å². The predicted octanol–water partition coefficient (Wildman–Crippen LogP) is -0.540. The molecule has 0 aliphatic carbocycles. The first kappa shape index (κ1) is 12.5. The van der Waals surface area contributed by atoms with E-state index in [1.807, 2.05) is 10.8 Å². The molecule has 1 aliphatic heterocycles. The standard InChI is InChI=1S/C10H18N4O2S/c1-17(15,16)14-8-6-12(7-9-14)4-5-13-3-2-11-10-13/h2-3,10H,4-9H2,1H3. The summed E-state index contributed by atoms with van der Waals surface area (Å²) in [5.41, 5.74) is 0. The van der Waals surface area contributed by atoms with E-state index in [0.717, 1.165) is 26.2 Å². The molecule has 0 saturated carbocycles. The summed E-state index contributed by atoms with van der Waals surface area (Å²) in [6.07, 6.45) is 6.77. The fourth-order valence-electron chi connectivity index (χ4n) is 1.96. The molecule has 1 saturated heterocycles. The molecule has 0 unspecified atom stereocenters. The third-order valence-electron chi connectivity index (χ3n) is 3.03. The van der Waals surface area contributed by atoms with Gasteiger partial charge in [-0.3, -0.25) is 4.90 Å². The van der Waals surface area contributed by atoms with Crippen molar-refractivity contribution < 1.29 is 8.42 Å². The normalized spacial score (nSPS) is 19.6. The van der Waals surface area contributed by atoms with E-state index in [-0.39, 0.29) is 0 Å². The van der Waals surface area contributed by atoms with Gasteiger partial charge in [-0.1, -0.05) is 0 Å². The Labute approximate surface area is 102 Å². The summed E-state index contributed by atoms with van der Waals surface area (Å²) in [6.45, 7) is 4.65. The van der Waals surface area contributed by atoms with E-state index in [1.165, 1.54) is 6.26 Å². The Hall–Kier alpha value is -0.920. The van der Waals surface area contributed by atoms with Crippen molar-refractivity contribution in [2.75, 3.05) is 39.0 Å². The van der Waals surface area contributed by atoms with Crippen LogP contribution in [0.5, 0.6) is 0 Å². The minimum absolute atomic E-state index is 0.600. The number of nitrogens with zero attached hydrogens (tertiary/aromatic N) is 4. The van der Waals surface area contributed by atoms with Crippen LogP contribution in [0.3, 0.4) is 0 Å². The van der Waals surface area contributed by atoms with E-state index in [4.69, 9.17) is 0 Å². The number of sulfonamides is 1. The summed E-state index contributed by atoms with van der Waals surface area (Å²) in [7, 11) is -3.02. The highest BCUT2D eigenvalue weighted by Crippen LogP contribution is 2.05. The van der Waals surface area contributed by atoms with E-state index in [9.17, 15) is 8.42 Å². The first-order chi connectivity index (χ1) is 8.05. The Morgan fingerprint density at radius 2 is 1.88 bits per heavy atom. The molecule has 0 radical (unpaired) electrons. The van der Waals surface area contributed by atoms with Crippen molar-refractivity contribution in [2.24, 2.45) is 0 Å². The second-order valence-electron chi connectivity index (χ2n) is 4.30. The largest absolute Gasteiger partial charge is 0.336 e. The van der Waals surface area contributed by atoms with Gasteiger partial charge >= 0.3 is 0 Å². The van der Waals surface area contributed by atoms with Crippen molar-refractivity contribution in [3.8, 4) is 0 Å². The smallest absolute Gasteiger partial charge is 0.211 e. The van der Waals surface area contributed by atoms with Crippen molar-refractivity contribution in [1.82, 2.24) is 18.8 Å². The molecule has 17 heavy (non-hydrogen) atoms. The highest BCUT2D eigenvalue weighted by Gasteiger charge is 2.22. The van der Waals surface area contributed by atoms with E-state index >= 15 is 0 Å². The summed E-state index contributed by atoms with van der Waals surface area (Å²) in [5.74, 6) is 0. The number of aromatic nitrogens is 2. The third kappa shape index (κ3) is 3.52. The topological polar surface area (TPSA) is 58.4 Å². The van der Waals surface area contributed by atoms with E-state index in [1.54, 1.807) is 16.8 Å². The molecule has 7 heteroatoms. The molecule has 1 aromatic heterocycles. The van der Waals surface area contributed by atoms with Gasteiger partial charge in [-0.15, -0.1) is 0 Å². The zero-order chi connectivity index (χ0) is 12.3. The SMILES string of the molecule is CS(=O)(=O)N1CCN(CCn2ccnc2)CC1. The lowest BCUT2D eigenvalue weighted by atomic mass is 10.3. The zero-order valence-corrected chi connectivity index (χ0v) is 10.8. The molecule has 2 heterocycles. The number of piperazine rings is 1. The van der Waals surface area contributed by atoms with Crippen LogP contribution in [0.25, 0.3) is 0 Å². The molecule has 1 aliphatic rings. The maximum atomic E-state index is 11.3. The molecular formula is C10H18N4O2S. The monoisotopic (exact) mass is 258 g/mol.